The normalized spacial score (nSPS) is 11.9. The summed E-state index contributed by atoms with van der Waals surface area (Å²) in [6, 6.07) is 0. The molecule has 0 aliphatic heterocycles. The van der Waals surface area contributed by atoms with Crippen molar-refractivity contribution in [2.24, 2.45) is 0 Å². The lowest BCUT2D eigenvalue weighted by Gasteiger charge is -1.93. The SMILES string of the molecule is C/C=C/C=C/C(=O)Nc1nc2scc(C)n2n1. The average molecular weight is 248 g/mol. The van der Waals surface area contributed by atoms with Gasteiger partial charge < -0.3 is 0 Å². The molecule has 2 rings (SSSR count). The molecule has 0 bridgehead atoms. The Morgan fingerprint density at radius 3 is 3.06 bits per heavy atom. The maximum atomic E-state index is 11.5. The standard InChI is InChI=1S/C11H12N4OS/c1-3-4-5-6-9(16)12-10-13-11-15(14-10)8(2)7-17-11/h3-7H,1-2H3,(H,12,14,16)/b4-3+,6-5+. The third-order valence-electron chi connectivity index (χ3n) is 2.03. The fourth-order valence-electron chi connectivity index (χ4n) is 1.25. The van der Waals surface area contributed by atoms with Crippen LogP contribution < -0.4 is 5.32 Å². The van der Waals surface area contributed by atoms with E-state index < -0.39 is 0 Å². The van der Waals surface area contributed by atoms with Crippen molar-refractivity contribution in [2.45, 2.75) is 13.8 Å². The van der Waals surface area contributed by atoms with E-state index in [1.807, 2.05) is 25.3 Å². The fraction of sp³-hybridized carbons (Fsp3) is 0.182. The Kier molecular flexibility index (Phi) is 3.34. The average Bonchev–Trinajstić information content (AvgIpc) is 2.82. The van der Waals surface area contributed by atoms with Gasteiger partial charge in [-0.3, -0.25) is 10.1 Å². The molecule has 5 nitrogen and oxygen atoms in total. The van der Waals surface area contributed by atoms with E-state index in [0.29, 0.717) is 5.95 Å². The number of amides is 1. The number of allylic oxidation sites excluding steroid dienone is 3. The molecule has 0 fully saturated rings. The summed E-state index contributed by atoms with van der Waals surface area (Å²) in [5.41, 5.74) is 1.00. The van der Waals surface area contributed by atoms with Crippen LogP contribution in [0.4, 0.5) is 5.95 Å². The first-order valence-corrected chi connectivity index (χ1v) is 6.00. The second-order valence-electron chi connectivity index (χ2n) is 3.38. The van der Waals surface area contributed by atoms with Crippen molar-refractivity contribution in [1.82, 2.24) is 14.6 Å². The minimum atomic E-state index is -0.237. The van der Waals surface area contributed by atoms with E-state index in [2.05, 4.69) is 15.4 Å². The van der Waals surface area contributed by atoms with Crippen molar-refractivity contribution in [2.75, 3.05) is 5.32 Å². The molecule has 0 aliphatic rings. The Morgan fingerprint density at radius 1 is 1.53 bits per heavy atom. The molecule has 0 unspecified atom stereocenters. The van der Waals surface area contributed by atoms with Crippen LogP contribution in [0.1, 0.15) is 12.6 Å². The van der Waals surface area contributed by atoms with Gasteiger partial charge in [0, 0.05) is 11.5 Å². The Labute approximate surface area is 102 Å². The maximum absolute atomic E-state index is 11.5. The first-order chi connectivity index (χ1) is 8.20. The van der Waals surface area contributed by atoms with Gasteiger partial charge in [0.05, 0.1) is 5.69 Å². The van der Waals surface area contributed by atoms with E-state index in [9.17, 15) is 4.79 Å². The zero-order valence-electron chi connectivity index (χ0n) is 9.54. The second-order valence-corrected chi connectivity index (χ2v) is 4.22. The Morgan fingerprint density at radius 2 is 2.35 bits per heavy atom. The molecule has 88 valence electrons. The number of aryl methyl sites for hydroxylation is 1. The lowest BCUT2D eigenvalue weighted by Crippen LogP contribution is -2.09. The van der Waals surface area contributed by atoms with Crippen molar-refractivity contribution in [3.8, 4) is 0 Å². The van der Waals surface area contributed by atoms with Crippen molar-refractivity contribution < 1.29 is 4.79 Å². The van der Waals surface area contributed by atoms with Crippen LogP contribution in [0.2, 0.25) is 0 Å². The molecular formula is C11H12N4OS. The number of thiazole rings is 1. The molecule has 17 heavy (non-hydrogen) atoms. The highest BCUT2D eigenvalue weighted by molar-refractivity contribution is 7.15. The summed E-state index contributed by atoms with van der Waals surface area (Å²) in [5.74, 6) is 0.0917. The number of fused-ring (bicyclic) bond motifs is 1. The molecule has 2 heterocycles. The second kappa shape index (κ2) is 4.92. The third-order valence-corrected chi connectivity index (χ3v) is 2.97. The van der Waals surface area contributed by atoms with Gasteiger partial charge >= 0.3 is 0 Å². The highest BCUT2D eigenvalue weighted by Crippen LogP contribution is 2.15. The van der Waals surface area contributed by atoms with Crippen LogP contribution in [-0.2, 0) is 4.79 Å². The molecule has 0 saturated heterocycles. The van der Waals surface area contributed by atoms with Crippen molar-refractivity contribution in [3.05, 3.63) is 35.4 Å². The minimum absolute atomic E-state index is 0.237. The highest BCUT2D eigenvalue weighted by atomic mass is 32.1. The molecule has 0 aliphatic carbocycles. The summed E-state index contributed by atoms with van der Waals surface area (Å²) in [5, 5.41) is 8.75. The molecule has 1 amide bonds. The molecular weight excluding hydrogens is 236 g/mol. The van der Waals surface area contributed by atoms with Crippen molar-refractivity contribution in [1.29, 1.82) is 0 Å². The van der Waals surface area contributed by atoms with Gasteiger partial charge in [-0.2, -0.15) is 4.98 Å². The molecule has 0 saturated carbocycles. The van der Waals surface area contributed by atoms with E-state index in [-0.39, 0.29) is 5.91 Å². The van der Waals surface area contributed by atoms with E-state index in [0.717, 1.165) is 10.7 Å². The number of hydrogen-bond acceptors (Lipinski definition) is 4. The van der Waals surface area contributed by atoms with E-state index in [1.165, 1.54) is 17.4 Å². The first kappa shape index (κ1) is 11.5. The number of rotatable bonds is 3. The maximum Gasteiger partial charge on any atom is 0.250 e. The zero-order chi connectivity index (χ0) is 12.3. The van der Waals surface area contributed by atoms with E-state index in [1.54, 1.807) is 16.7 Å². The quantitative estimate of drug-likeness (QED) is 0.669. The van der Waals surface area contributed by atoms with Gasteiger partial charge in [0.25, 0.3) is 11.9 Å². The number of anilines is 1. The fourth-order valence-corrected chi connectivity index (χ4v) is 2.05. The Bertz CT molecular complexity index is 594. The van der Waals surface area contributed by atoms with Crippen LogP contribution in [0, 0.1) is 6.92 Å². The number of nitrogens with one attached hydrogen (secondary N) is 1. The smallest absolute Gasteiger partial charge is 0.250 e. The van der Waals surface area contributed by atoms with Crippen molar-refractivity contribution >= 4 is 28.2 Å². The van der Waals surface area contributed by atoms with Crippen LogP contribution in [0.3, 0.4) is 0 Å². The number of hydrogen-bond donors (Lipinski definition) is 1. The summed E-state index contributed by atoms with van der Waals surface area (Å²) in [7, 11) is 0. The molecule has 0 aromatic carbocycles. The highest BCUT2D eigenvalue weighted by Gasteiger charge is 2.08. The molecule has 2 aromatic rings. The van der Waals surface area contributed by atoms with E-state index in [4.69, 9.17) is 0 Å². The third kappa shape index (κ3) is 2.59. The Balaban J connectivity index is 2.10. The van der Waals surface area contributed by atoms with Crippen LogP contribution in [0.15, 0.2) is 29.7 Å². The molecule has 0 atom stereocenters. The summed E-state index contributed by atoms with van der Waals surface area (Å²) < 4.78 is 1.70. The number of aromatic nitrogens is 3. The summed E-state index contributed by atoms with van der Waals surface area (Å²) in [4.78, 5) is 16.4. The van der Waals surface area contributed by atoms with Crippen molar-refractivity contribution in [3.63, 3.8) is 0 Å². The summed E-state index contributed by atoms with van der Waals surface area (Å²) >= 11 is 1.49. The molecule has 0 radical (unpaired) electrons. The van der Waals surface area contributed by atoms with Gasteiger partial charge in [-0.1, -0.05) is 18.2 Å². The van der Waals surface area contributed by atoms with Gasteiger partial charge in [0.2, 0.25) is 4.96 Å². The number of carbonyl (C=O) groups is 1. The van der Waals surface area contributed by atoms with Gasteiger partial charge in [-0.15, -0.1) is 16.4 Å². The van der Waals surface area contributed by atoms with Crippen LogP contribution in [-0.4, -0.2) is 20.5 Å². The first-order valence-electron chi connectivity index (χ1n) is 5.12. The summed E-state index contributed by atoms with van der Waals surface area (Å²) in [6.07, 6.45) is 6.72. The monoisotopic (exact) mass is 248 g/mol. The predicted octanol–water partition coefficient (Wildman–Crippen LogP) is 2.17. The molecule has 1 N–H and O–H groups in total. The molecule has 2 aromatic heterocycles. The topological polar surface area (TPSA) is 59.3 Å². The number of nitrogens with zero attached hydrogens (tertiary/aromatic N) is 3. The summed E-state index contributed by atoms with van der Waals surface area (Å²) in [6.45, 7) is 3.83. The van der Waals surface area contributed by atoms with Crippen LogP contribution >= 0.6 is 11.3 Å². The van der Waals surface area contributed by atoms with Crippen LogP contribution in [0.5, 0.6) is 0 Å². The lowest BCUT2D eigenvalue weighted by atomic mass is 10.4. The lowest BCUT2D eigenvalue weighted by molar-refractivity contribution is -0.111. The van der Waals surface area contributed by atoms with Crippen LogP contribution in [0.25, 0.3) is 4.96 Å². The minimum Gasteiger partial charge on any atom is -0.290 e. The van der Waals surface area contributed by atoms with Gasteiger partial charge in [-0.25, -0.2) is 4.52 Å². The zero-order valence-corrected chi connectivity index (χ0v) is 10.4. The van der Waals surface area contributed by atoms with Gasteiger partial charge in [0.15, 0.2) is 0 Å². The number of carbonyl (C=O) groups excluding carboxylic acids is 1. The molecule has 0 spiro atoms. The van der Waals surface area contributed by atoms with Gasteiger partial charge in [0.1, 0.15) is 0 Å². The van der Waals surface area contributed by atoms with Gasteiger partial charge in [-0.05, 0) is 13.8 Å². The predicted molar refractivity (Wildman–Crippen MR) is 68.2 cm³/mol. The Hall–Kier alpha value is -1.95. The largest absolute Gasteiger partial charge is 0.290 e. The molecule has 6 heteroatoms. The van der Waals surface area contributed by atoms with E-state index >= 15 is 0 Å².